The first-order chi connectivity index (χ1) is 21.7. The number of rotatable bonds is 11. The normalized spacial score (nSPS) is 11.3. The van der Waals surface area contributed by atoms with Gasteiger partial charge in [-0.3, -0.25) is 14.5 Å². The smallest absolute Gasteiger partial charge is 0.415 e. The minimum atomic E-state index is -0.681. The molecule has 45 heavy (non-hydrogen) atoms. The quantitative estimate of drug-likeness (QED) is 0.112. The Morgan fingerprint density at radius 3 is 2.16 bits per heavy atom. The molecule has 1 amide bonds. The molecular formula is C38H38N2O5. The lowest BCUT2D eigenvalue weighted by Crippen LogP contribution is -2.36. The van der Waals surface area contributed by atoms with Gasteiger partial charge in [0.25, 0.3) is 0 Å². The van der Waals surface area contributed by atoms with Crippen molar-refractivity contribution in [1.29, 1.82) is 0 Å². The lowest BCUT2D eigenvalue weighted by molar-refractivity contribution is -0.145. The summed E-state index contributed by atoms with van der Waals surface area (Å²) in [5, 5.41) is 0.827. The summed E-state index contributed by atoms with van der Waals surface area (Å²) in [4.78, 5) is 41.2. The summed E-state index contributed by atoms with van der Waals surface area (Å²) in [6.45, 7) is 6.58. The van der Waals surface area contributed by atoms with E-state index in [-0.39, 0.29) is 24.8 Å². The van der Waals surface area contributed by atoms with Gasteiger partial charge < -0.3 is 14.0 Å². The Balaban J connectivity index is 1.34. The van der Waals surface area contributed by atoms with Crippen LogP contribution in [-0.4, -0.2) is 28.0 Å². The number of aryl methyl sites for hydroxylation is 1. The molecule has 0 saturated carbocycles. The summed E-state index contributed by atoms with van der Waals surface area (Å²) in [7, 11) is 0. The maximum atomic E-state index is 14.0. The maximum absolute atomic E-state index is 14.0. The number of anilines is 1. The number of fused-ring (bicyclic) bond motifs is 1. The van der Waals surface area contributed by atoms with E-state index in [9.17, 15) is 14.4 Å². The zero-order chi connectivity index (χ0) is 31.8. The second kappa shape index (κ2) is 14.1. The Bertz CT molecular complexity index is 1770. The number of ketones is 1. The first kappa shape index (κ1) is 31.3. The topological polar surface area (TPSA) is 77.8 Å². The summed E-state index contributed by atoms with van der Waals surface area (Å²) in [6, 6.07) is 34.1. The molecule has 0 saturated heterocycles. The third-order valence-electron chi connectivity index (χ3n) is 7.27. The highest BCUT2D eigenvalue weighted by Gasteiger charge is 2.25. The van der Waals surface area contributed by atoms with E-state index >= 15 is 0 Å². The summed E-state index contributed by atoms with van der Waals surface area (Å²) in [6.07, 6.45) is 2.20. The van der Waals surface area contributed by atoms with Crippen LogP contribution in [-0.2, 0) is 34.0 Å². The van der Waals surface area contributed by atoms with Crippen LogP contribution in [0.25, 0.3) is 10.9 Å². The highest BCUT2D eigenvalue weighted by molar-refractivity contribution is 6.17. The molecule has 0 aliphatic rings. The monoisotopic (exact) mass is 602 g/mol. The van der Waals surface area contributed by atoms with E-state index in [1.165, 1.54) is 0 Å². The highest BCUT2D eigenvalue weighted by Crippen LogP contribution is 2.27. The van der Waals surface area contributed by atoms with Gasteiger partial charge in [-0.2, -0.15) is 0 Å². The molecule has 0 aliphatic carbocycles. The van der Waals surface area contributed by atoms with Gasteiger partial charge in [-0.25, -0.2) is 4.79 Å². The number of amides is 1. The van der Waals surface area contributed by atoms with Crippen LogP contribution < -0.4 is 4.90 Å². The third kappa shape index (κ3) is 8.26. The molecule has 7 nitrogen and oxygen atoms in total. The Morgan fingerprint density at radius 2 is 1.44 bits per heavy atom. The van der Waals surface area contributed by atoms with Gasteiger partial charge >= 0.3 is 12.1 Å². The number of hydrogen-bond acceptors (Lipinski definition) is 5. The number of aromatic nitrogens is 1. The summed E-state index contributed by atoms with van der Waals surface area (Å²) in [5.41, 5.74) is 3.70. The molecule has 0 radical (unpaired) electrons. The molecule has 5 rings (SSSR count). The van der Waals surface area contributed by atoms with Crippen molar-refractivity contribution in [3.8, 4) is 0 Å². The summed E-state index contributed by atoms with van der Waals surface area (Å²) >= 11 is 0. The van der Waals surface area contributed by atoms with E-state index in [1.54, 1.807) is 23.1 Å². The van der Waals surface area contributed by atoms with Crippen molar-refractivity contribution in [1.82, 2.24) is 4.57 Å². The van der Waals surface area contributed by atoms with Crippen molar-refractivity contribution in [3.63, 3.8) is 0 Å². The molecule has 0 atom stereocenters. The van der Waals surface area contributed by atoms with Gasteiger partial charge in [-0.1, -0.05) is 91.0 Å². The van der Waals surface area contributed by atoms with Gasteiger partial charge in [0.15, 0.2) is 5.78 Å². The van der Waals surface area contributed by atoms with Crippen molar-refractivity contribution >= 4 is 34.4 Å². The predicted octanol–water partition coefficient (Wildman–Crippen LogP) is 8.34. The third-order valence-corrected chi connectivity index (χ3v) is 7.27. The molecule has 0 spiro atoms. The molecule has 0 fully saturated rings. The van der Waals surface area contributed by atoms with Crippen LogP contribution in [0.2, 0.25) is 0 Å². The zero-order valence-corrected chi connectivity index (χ0v) is 25.9. The predicted molar refractivity (Wildman–Crippen MR) is 176 cm³/mol. The molecule has 230 valence electrons. The lowest BCUT2D eigenvalue weighted by atomic mass is 10.0. The largest absolute Gasteiger partial charge is 0.461 e. The van der Waals surface area contributed by atoms with Gasteiger partial charge in [0.05, 0.1) is 6.54 Å². The minimum absolute atomic E-state index is 0.155. The van der Waals surface area contributed by atoms with Crippen LogP contribution in [0.5, 0.6) is 0 Å². The number of para-hydroxylation sites is 1. The van der Waals surface area contributed by atoms with E-state index in [0.717, 1.165) is 22.0 Å². The van der Waals surface area contributed by atoms with Gasteiger partial charge in [-0.05, 0) is 56.5 Å². The molecule has 7 heteroatoms. The highest BCUT2D eigenvalue weighted by atomic mass is 16.6. The number of hydrogen-bond donors (Lipinski definition) is 0. The molecular weight excluding hydrogens is 564 g/mol. The standard InChI is InChI=1S/C38H38N2O5/c1-38(2,3)45-37(43)40(25-28-14-6-4-7-15-28)31-19-12-18-30(24-31)36(42)33-26-39(34-21-11-10-20-32(33)34)23-13-22-35(41)44-27-29-16-8-5-9-17-29/h4-12,14-21,24,26H,13,22-23,25,27H2,1-3H3. The molecule has 0 aliphatic heterocycles. The number of carbonyl (C=O) groups is 3. The van der Waals surface area contributed by atoms with Crippen LogP contribution in [0, 0.1) is 0 Å². The van der Waals surface area contributed by atoms with Crippen LogP contribution in [0.3, 0.4) is 0 Å². The molecule has 0 unspecified atom stereocenters. The van der Waals surface area contributed by atoms with Crippen LogP contribution in [0.1, 0.15) is 60.7 Å². The van der Waals surface area contributed by atoms with Gasteiger partial charge in [0.1, 0.15) is 12.2 Å². The van der Waals surface area contributed by atoms with E-state index < -0.39 is 11.7 Å². The van der Waals surface area contributed by atoms with Crippen molar-refractivity contribution in [3.05, 3.63) is 138 Å². The molecule has 5 aromatic rings. The average molecular weight is 603 g/mol. The molecule has 1 heterocycles. The van der Waals surface area contributed by atoms with E-state index in [2.05, 4.69) is 0 Å². The number of nitrogens with zero attached hydrogens (tertiary/aromatic N) is 2. The van der Waals surface area contributed by atoms with E-state index in [4.69, 9.17) is 9.47 Å². The fraction of sp³-hybridized carbons (Fsp3) is 0.237. The molecule has 0 N–H and O–H groups in total. The van der Waals surface area contributed by atoms with Crippen molar-refractivity contribution < 1.29 is 23.9 Å². The van der Waals surface area contributed by atoms with Crippen LogP contribution in [0.15, 0.2) is 115 Å². The van der Waals surface area contributed by atoms with Crippen molar-refractivity contribution in [2.45, 2.75) is 58.9 Å². The first-order valence-corrected chi connectivity index (χ1v) is 15.1. The minimum Gasteiger partial charge on any atom is -0.461 e. The fourth-order valence-corrected chi connectivity index (χ4v) is 5.13. The second-order valence-electron chi connectivity index (χ2n) is 11.9. The van der Waals surface area contributed by atoms with E-state index in [0.29, 0.717) is 36.3 Å². The number of benzene rings is 4. The average Bonchev–Trinajstić information content (AvgIpc) is 3.41. The second-order valence-corrected chi connectivity index (χ2v) is 11.9. The number of carbonyl (C=O) groups excluding carboxylic acids is 3. The summed E-state index contributed by atoms with van der Waals surface area (Å²) < 4.78 is 13.2. The Morgan fingerprint density at radius 1 is 0.778 bits per heavy atom. The SMILES string of the molecule is CC(C)(C)OC(=O)N(Cc1ccccc1)c1cccc(C(=O)c2cn(CCCC(=O)OCc3ccccc3)c3ccccc23)c1. The van der Waals surface area contributed by atoms with Crippen molar-refractivity contribution in [2.75, 3.05) is 4.90 Å². The zero-order valence-electron chi connectivity index (χ0n) is 25.9. The Labute approximate surface area is 264 Å². The Hall–Kier alpha value is -5.17. The van der Waals surface area contributed by atoms with Crippen LogP contribution >= 0.6 is 0 Å². The van der Waals surface area contributed by atoms with E-state index in [1.807, 2.05) is 123 Å². The number of ether oxygens (including phenoxy) is 2. The van der Waals surface area contributed by atoms with Gasteiger partial charge in [-0.15, -0.1) is 0 Å². The van der Waals surface area contributed by atoms with Gasteiger partial charge in [0, 0.05) is 46.9 Å². The Kier molecular flexibility index (Phi) is 9.78. The van der Waals surface area contributed by atoms with Crippen LogP contribution in [0.4, 0.5) is 10.5 Å². The first-order valence-electron chi connectivity index (χ1n) is 15.1. The molecule has 0 bridgehead atoms. The van der Waals surface area contributed by atoms with Gasteiger partial charge in [0.2, 0.25) is 0 Å². The fourth-order valence-electron chi connectivity index (χ4n) is 5.13. The van der Waals surface area contributed by atoms with Crippen molar-refractivity contribution in [2.24, 2.45) is 0 Å². The molecule has 1 aromatic heterocycles. The summed E-state index contributed by atoms with van der Waals surface area (Å²) in [5.74, 6) is -0.411. The number of esters is 1. The lowest BCUT2D eigenvalue weighted by Gasteiger charge is -2.28. The molecule has 4 aromatic carbocycles. The maximum Gasteiger partial charge on any atom is 0.415 e.